The minimum absolute atomic E-state index is 0.143. The predicted octanol–water partition coefficient (Wildman–Crippen LogP) is 2.80. The van der Waals surface area contributed by atoms with Crippen LogP contribution in [0.15, 0.2) is 73.1 Å². The van der Waals surface area contributed by atoms with Crippen LogP contribution in [0.2, 0.25) is 0 Å². The van der Waals surface area contributed by atoms with Crippen LogP contribution < -0.4 is 5.32 Å². The van der Waals surface area contributed by atoms with Gasteiger partial charge in [0.05, 0.1) is 0 Å². The SMILES string of the molecule is c1ccc(-c2ncc(CNC3C4CN5CCN(C4)CC3(c3ccccc3)C5)cn2)cc1. The van der Waals surface area contributed by atoms with Gasteiger partial charge in [-0.1, -0.05) is 60.7 Å². The molecule has 0 radical (unpaired) electrons. The highest BCUT2D eigenvalue weighted by Crippen LogP contribution is 2.43. The van der Waals surface area contributed by atoms with Gasteiger partial charge in [0.25, 0.3) is 0 Å². The molecule has 158 valence electrons. The van der Waals surface area contributed by atoms with E-state index in [0.717, 1.165) is 36.6 Å². The molecule has 4 bridgehead atoms. The highest BCUT2D eigenvalue weighted by molar-refractivity contribution is 5.54. The second kappa shape index (κ2) is 7.83. The van der Waals surface area contributed by atoms with E-state index >= 15 is 0 Å². The largest absolute Gasteiger partial charge is 0.308 e. The number of nitrogens with zero attached hydrogens (tertiary/aromatic N) is 4. The molecular formula is C26H29N5. The molecule has 5 heterocycles. The van der Waals surface area contributed by atoms with Crippen molar-refractivity contribution >= 4 is 0 Å². The molecular weight excluding hydrogens is 382 g/mol. The van der Waals surface area contributed by atoms with Gasteiger partial charge in [-0.2, -0.15) is 0 Å². The molecule has 7 rings (SSSR count). The first-order valence-electron chi connectivity index (χ1n) is 11.4. The predicted molar refractivity (Wildman–Crippen MR) is 123 cm³/mol. The maximum absolute atomic E-state index is 4.63. The fourth-order valence-corrected chi connectivity index (χ4v) is 6.08. The summed E-state index contributed by atoms with van der Waals surface area (Å²) >= 11 is 0. The van der Waals surface area contributed by atoms with Crippen LogP contribution in [-0.2, 0) is 12.0 Å². The Morgan fingerprint density at radius 2 is 1.45 bits per heavy atom. The van der Waals surface area contributed by atoms with Gasteiger partial charge in [0.2, 0.25) is 0 Å². The minimum Gasteiger partial charge on any atom is -0.308 e. The summed E-state index contributed by atoms with van der Waals surface area (Å²) in [6, 6.07) is 21.8. The molecule has 1 N–H and O–H groups in total. The molecule has 0 amide bonds. The molecule has 4 saturated heterocycles. The van der Waals surface area contributed by atoms with Gasteiger partial charge in [-0.05, 0) is 5.56 Å². The molecule has 3 aromatic rings. The molecule has 0 spiro atoms. The van der Waals surface area contributed by atoms with Crippen molar-refractivity contribution in [2.75, 3.05) is 39.3 Å². The van der Waals surface area contributed by atoms with Crippen LogP contribution in [0.4, 0.5) is 0 Å². The van der Waals surface area contributed by atoms with E-state index in [2.05, 4.69) is 67.5 Å². The lowest BCUT2D eigenvalue weighted by Crippen LogP contribution is -2.69. The van der Waals surface area contributed by atoms with Crippen molar-refractivity contribution in [3.8, 4) is 11.4 Å². The molecule has 4 aliphatic heterocycles. The summed E-state index contributed by atoms with van der Waals surface area (Å²) in [5.74, 6) is 1.44. The lowest BCUT2D eigenvalue weighted by atomic mass is 9.64. The van der Waals surface area contributed by atoms with Crippen molar-refractivity contribution in [3.05, 3.63) is 84.2 Å². The smallest absolute Gasteiger partial charge is 0.159 e. The van der Waals surface area contributed by atoms with Crippen molar-refractivity contribution in [1.29, 1.82) is 0 Å². The Hall–Kier alpha value is -2.60. The van der Waals surface area contributed by atoms with Crippen molar-refractivity contribution in [1.82, 2.24) is 25.1 Å². The number of piperidine rings is 2. The van der Waals surface area contributed by atoms with Crippen LogP contribution in [0.25, 0.3) is 11.4 Å². The van der Waals surface area contributed by atoms with Gasteiger partial charge in [-0.25, -0.2) is 9.97 Å². The van der Waals surface area contributed by atoms with Crippen LogP contribution in [0.3, 0.4) is 0 Å². The Balaban J connectivity index is 1.25. The third-order valence-corrected chi connectivity index (χ3v) is 7.41. The monoisotopic (exact) mass is 411 g/mol. The molecule has 4 aliphatic rings. The molecule has 0 aliphatic carbocycles. The summed E-state index contributed by atoms with van der Waals surface area (Å²) in [6.45, 7) is 7.90. The van der Waals surface area contributed by atoms with Gasteiger partial charge < -0.3 is 15.1 Å². The molecule has 4 fully saturated rings. The zero-order chi connectivity index (χ0) is 20.7. The number of rotatable bonds is 5. The van der Waals surface area contributed by atoms with Gasteiger partial charge in [0, 0.05) is 86.7 Å². The minimum atomic E-state index is 0.143. The molecule has 5 nitrogen and oxygen atoms in total. The lowest BCUT2D eigenvalue weighted by molar-refractivity contribution is 0.0174. The fourth-order valence-electron chi connectivity index (χ4n) is 6.08. The van der Waals surface area contributed by atoms with E-state index in [0.29, 0.717) is 12.0 Å². The number of aromatic nitrogens is 2. The molecule has 0 saturated carbocycles. The first-order chi connectivity index (χ1) is 15.3. The van der Waals surface area contributed by atoms with Crippen LogP contribution >= 0.6 is 0 Å². The number of benzene rings is 2. The maximum atomic E-state index is 4.63. The molecule has 3 unspecified atom stereocenters. The van der Waals surface area contributed by atoms with Crippen LogP contribution in [0.5, 0.6) is 0 Å². The van der Waals surface area contributed by atoms with E-state index in [1.54, 1.807) is 0 Å². The summed E-state index contributed by atoms with van der Waals surface area (Å²) < 4.78 is 0. The summed E-state index contributed by atoms with van der Waals surface area (Å²) in [4.78, 5) is 14.6. The molecule has 5 heteroatoms. The number of fused-ring (bicyclic) bond motifs is 1. The second-order valence-electron chi connectivity index (χ2n) is 9.39. The van der Waals surface area contributed by atoms with Crippen molar-refractivity contribution in [3.63, 3.8) is 0 Å². The first kappa shape index (κ1) is 19.1. The topological polar surface area (TPSA) is 44.3 Å². The molecule has 1 aromatic heterocycles. The van der Waals surface area contributed by atoms with Crippen molar-refractivity contribution < 1.29 is 0 Å². The fraction of sp³-hybridized carbons (Fsp3) is 0.385. The summed E-state index contributed by atoms with van der Waals surface area (Å²) in [5, 5.41) is 3.97. The Bertz CT molecular complexity index is 1000. The van der Waals surface area contributed by atoms with E-state index in [1.807, 2.05) is 30.6 Å². The third kappa shape index (κ3) is 3.47. The number of nitrogens with one attached hydrogen (secondary N) is 1. The van der Waals surface area contributed by atoms with Crippen LogP contribution in [0, 0.1) is 5.92 Å². The van der Waals surface area contributed by atoms with E-state index in [4.69, 9.17) is 0 Å². The molecule has 31 heavy (non-hydrogen) atoms. The molecule has 2 aromatic carbocycles. The quantitative estimate of drug-likeness (QED) is 0.700. The van der Waals surface area contributed by atoms with Gasteiger partial charge in [-0.3, -0.25) is 0 Å². The normalized spacial score (nSPS) is 31.5. The molecule has 3 atom stereocenters. The third-order valence-electron chi connectivity index (χ3n) is 7.41. The van der Waals surface area contributed by atoms with Gasteiger partial charge in [0.15, 0.2) is 5.82 Å². The van der Waals surface area contributed by atoms with Gasteiger partial charge in [0.1, 0.15) is 0 Å². The highest BCUT2D eigenvalue weighted by atomic mass is 15.3. The average molecular weight is 412 g/mol. The first-order valence-corrected chi connectivity index (χ1v) is 11.4. The zero-order valence-electron chi connectivity index (χ0n) is 17.8. The van der Waals surface area contributed by atoms with Crippen LogP contribution in [0.1, 0.15) is 11.1 Å². The van der Waals surface area contributed by atoms with E-state index in [9.17, 15) is 0 Å². The Kier molecular flexibility index (Phi) is 4.82. The summed E-state index contributed by atoms with van der Waals surface area (Å²) in [6.07, 6.45) is 3.96. The number of hydrogen-bond donors (Lipinski definition) is 1. The van der Waals surface area contributed by atoms with Crippen molar-refractivity contribution in [2.45, 2.75) is 18.0 Å². The van der Waals surface area contributed by atoms with E-state index < -0.39 is 0 Å². The maximum Gasteiger partial charge on any atom is 0.159 e. The van der Waals surface area contributed by atoms with E-state index in [1.165, 1.54) is 31.7 Å². The van der Waals surface area contributed by atoms with E-state index in [-0.39, 0.29) is 5.41 Å². The average Bonchev–Trinajstić information content (AvgIpc) is 3.08. The highest BCUT2D eigenvalue weighted by Gasteiger charge is 2.54. The van der Waals surface area contributed by atoms with Gasteiger partial charge in [-0.15, -0.1) is 0 Å². The van der Waals surface area contributed by atoms with Gasteiger partial charge >= 0.3 is 0 Å². The Morgan fingerprint density at radius 3 is 2.10 bits per heavy atom. The summed E-state index contributed by atoms with van der Waals surface area (Å²) in [7, 11) is 0. The zero-order valence-corrected chi connectivity index (χ0v) is 17.8. The standard InChI is InChI=1S/C26H29N5/c1-3-7-21(8-4-1)25-28-14-20(15-29-25)13-27-24-22-16-30-11-12-31(17-22)19-26(24,18-30)23-9-5-2-6-10-23/h1-10,14-15,22,24,27H,11-13,16-19H2. The lowest BCUT2D eigenvalue weighted by Gasteiger charge is -2.56. The summed E-state index contributed by atoms with van der Waals surface area (Å²) in [5.41, 5.74) is 3.83. The second-order valence-corrected chi connectivity index (χ2v) is 9.39. The van der Waals surface area contributed by atoms with Crippen molar-refractivity contribution in [2.24, 2.45) is 5.92 Å². The van der Waals surface area contributed by atoms with Crippen LogP contribution in [-0.4, -0.2) is 65.1 Å². The Labute approximate surface area is 184 Å². The Morgan fingerprint density at radius 1 is 0.839 bits per heavy atom. The number of hydrogen-bond acceptors (Lipinski definition) is 5.